The van der Waals surface area contributed by atoms with Crippen LogP contribution in [0.5, 0.6) is 0 Å². The molecule has 1 fully saturated rings. The predicted molar refractivity (Wildman–Crippen MR) is 84.5 cm³/mol. The highest BCUT2D eigenvalue weighted by atomic mass is 16.2. The molecule has 2 aromatic rings. The maximum atomic E-state index is 12.1. The van der Waals surface area contributed by atoms with E-state index in [0.717, 1.165) is 38.1 Å². The van der Waals surface area contributed by atoms with Crippen molar-refractivity contribution in [3.63, 3.8) is 0 Å². The summed E-state index contributed by atoms with van der Waals surface area (Å²) in [5.74, 6) is 0.805. The Balaban J connectivity index is 1.76. The van der Waals surface area contributed by atoms with E-state index in [9.17, 15) is 9.59 Å². The molecule has 1 N–H and O–H groups in total. The Morgan fingerprint density at radius 3 is 2.86 bits per heavy atom. The first-order chi connectivity index (χ1) is 10.6. The Hall–Kier alpha value is -2.21. The number of rotatable bonds is 2. The lowest BCUT2D eigenvalue weighted by atomic mass is 10.2. The van der Waals surface area contributed by atoms with Gasteiger partial charge in [-0.1, -0.05) is 12.1 Å². The largest absolute Gasteiger partial charge is 0.342 e. The van der Waals surface area contributed by atoms with Gasteiger partial charge in [-0.25, -0.2) is 4.98 Å². The molecule has 0 aliphatic carbocycles. The van der Waals surface area contributed by atoms with Gasteiger partial charge in [0.25, 0.3) is 5.56 Å². The van der Waals surface area contributed by atoms with Crippen molar-refractivity contribution in [1.29, 1.82) is 0 Å². The molecule has 6 heteroatoms. The summed E-state index contributed by atoms with van der Waals surface area (Å²) in [6.07, 6.45) is 0.942. The molecular weight excluding hydrogens is 280 g/mol. The normalized spacial score (nSPS) is 16.7. The van der Waals surface area contributed by atoms with E-state index in [-0.39, 0.29) is 11.5 Å². The molecule has 1 saturated heterocycles. The first-order valence-corrected chi connectivity index (χ1v) is 7.59. The van der Waals surface area contributed by atoms with Crippen molar-refractivity contribution in [2.75, 3.05) is 26.2 Å². The third-order valence-corrected chi connectivity index (χ3v) is 4.07. The van der Waals surface area contributed by atoms with Crippen LogP contribution in [0.15, 0.2) is 29.1 Å². The van der Waals surface area contributed by atoms with Crippen molar-refractivity contribution in [3.8, 4) is 0 Å². The second-order valence-electron chi connectivity index (χ2n) is 5.67. The van der Waals surface area contributed by atoms with Gasteiger partial charge in [-0.3, -0.25) is 14.5 Å². The smallest absolute Gasteiger partial charge is 0.258 e. The molecule has 0 saturated carbocycles. The molecular formula is C16H20N4O2. The van der Waals surface area contributed by atoms with Gasteiger partial charge in [0.1, 0.15) is 5.82 Å². The maximum Gasteiger partial charge on any atom is 0.258 e. The van der Waals surface area contributed by atoms with Gasteiger partial charge in [-0.2, -0.15) is 0 Å². The first kappa shape index (κ1) is 14.7. The molecule has 0 bridgehead atoms. The minimum absolute atomic E-state index is 0.0965. The highest BCUT2D eigenvalue weighted by Crippen LogP contribution is 2.09. The molecule has 0 atom stereocenters. The van der Waals surface area contributed by atoms with Crippen LogP contribution < -0.4 is 5.56 Å². The quantitative estimate of drug-likeness (QED) is 0.897. The Kier molecular flexibility index (Phi) is 4.20. The van der Waals surface area contributed by atoms with E-state index in [0.29, 0.717) is 17.8 Å². The fraction of sp³-hybridized carbons (Fsp3) is 0.438. The summed E-state index contributed by atoms with van der Waals surface area (Å²) in [5.41, 5.74) is 0.627. The van der Waals surface area contributed by atoms with E-state index in [4.69, 9.17) is 0 Å². The zero-order valence-corrected chi connectivity index (χ0v) is 12.7. The van der Waals surface area contributed by atoms with Gasteiger partial charge in [-0.15, -0.1) is 0 Å². The fourth-order valence-corrected chi connectivity index (χ4v) is 2.87. The second kappa shape index (κ2) is 6.27. The van der Waals surface area contributed by atoms with Crippen molar-refractivity contribution < 1.29 is 4.79 Å². The van der Waals surface area contributed by atoms with E-state index in [2.05, 4.69) is 14.9 Å². The van der Waals surface area contributed by atoms with Crippen LogP contribution in [0, 0.1) is 0 Å². The predicted octanol–water partition coefficient (Wildman–Crippen LogP) is 0.977. The van der Waals surface area contributed by atoms with Crippen LogP contribution in [0.3, 0.4) is 0 Å². The minimum Gasteiger partial charge on any atom is -0.342 e. The lowest BCUT2D eigenvalue weighted by Gasteiger charge is -2.20. The van der Waals surface area contributed by atoms with Gasteiger partial charge in [-0.05, 0) is 18.6 Å². The number of nitrogens with zero attached hydrogens (tertiary/aromatic N) is 3. The highest BCUT2D eigenvalue weighted by molar-refractivity contribution is 5.77. The van der Waals surface area contributed by atoms with E-state index in [1.165, 1.54) is 0 Å². The van der Waals surface area contributed by atoms with Gasteiger partial charge < -0.3 is 9.88 Å². The van der Waals surface area contributed by atoms with E-state index < -0.39 is 0 Å². The number of nitrogens with one attached hydrogen (secondary N) is 1. The third kappa shape index (κ3) is 3.17. The number of hydrogen-bond donors (Lipinski definition) is 1. The van der Waals surface area contributed by atoms with E-state index >= 15 is 0 Å². The summed E-state index contributed by atoms with van der Waals surface area (Å²) in [4.78, 5) is 35.0. The highest BCUT2D eigenvalue weighted by Gasteiger charge is 2.17. The number of amides is 1. The van der Waals surface area contributed by atoms with Crippen LogP contribution in [0.2, 0.25) is 0 Å². The van der Waals surface area contributed by atoms with E-state index in [1.54, 1.807) is 13.0 Å². The summed E-state index contributed by atoms with van der Waals surface area (Å²) >= 11 is 0. The number of benzene rings is 1. The Morgan fingerprint density at radius 1 is 1.23 bits per heavy atom. The molecule has 116 valence electrons. The number of hydrogen-bond acceptors (Lipinski definition) is 4. The molecule has 0 radical (unpaired) electrons. The topological polar surface area (TPSA) is 69.3 Å². The summed E-state index contributed by atoms with van der Waals surface area (Å²) in [5, 5.41) is 0.616. The lowest BCUT2D eigenvalue weighted by Crippen LogP contribution is -2.33. The molecule has 22 heavy (non-hydrogen) atoms. The molecule has 1 aliphatic heterocycles. The maximum absolute atomic E-state index is 12.1. The molecule has 6 nitrogen and oxygen atoms in total. The molecule has 1 aromatic heterocycles. The fourth-order valence-electron chi connectivity index (χ4n) is 2.87. The van der Waals surface area contributed by atoms with Gasteiger partial charge >= 0.3 is 0 Å². The van der Waals surface area contributed by atoms with Gasteiger partial charge in [0.05, 0.1) is 17.4 Å². The SMILES string of the molecule is CC(=O)N1CCCN(Cc2nc3ccccc3c(=O)[nH]2)CC1. The standard InChI is InChI=1S/C16H20N4O2/c1-12(21)20-8-4-7-19(9-10-20)11-15-17-14-6-3-2-5-13(14)16(22)18-15/h2-3,5-6H,4,7-11H2,1H3,(H,17,18,22). The molecule has 1 aromatic carbocycles. The van der Waals surface area contributed by atoms with Crippen LogP contribution in [0.4, 0.5) is 0 Å². The minimum atomic E-state index is -0.0965. The third-order valence-electron chi connectivity index (χ3n) is 4.07. The zero-order valence-electron chi connectivity index (χ0n) is 12.7. The van der Waals surface area contributed by atoms with Gasteiger partial charge in [0.15, 0.2) is 0 Å². The average molecular weight is 300 g/mol. The molecule has 0 spiro atoms. The Bertz CT molecular complexity index is 740. The van der Waals surface area contributed by atoms with Crippen LogP contribution in [0.1, 0.15) is 19.2 Å². The van der Waals surface area contributed by atoms with Crippen molar-refractivity contribution in [2.45, 2.75) is 19.9 Å². The van der Waals surface area contributed by atoms with Gasteiger partial charge in [0.2, 0.25) is 5.91 Å². The van der Waals surface area contributed by atoms with Crippen molar-refractivity contribution in [1.82, 2.24) is 19.8 Å². The Labute approximate surface area is 128 Å². The number of H-pyrrole nitrogens is 1. The number of fused-ring (bicyclic) bond motifs is 1. The second-order valence-corrected chi connectivity index (χ2v) is 5.67. The van der Waals surface area contributed by atoms with Crippen LogP contribution in [-0.2, 0) is 11.3 Å². The molecule has 3 rings (SSSR count). The van der Waals surface area contributed by atoms with E-state index in [1.807, 2.05) is 23.1 Å². The molecule has 2 heterocycles. The monoisotopic (exact) mass is 300 g/mol. The molecule has 1 aliphatic rings. The number of carbonyl (C=O) groups is 1. The summed E-state index contributed by atoms with van der Waals surface area (Å²) < 4.78 is 0. The first-order valence-electron chi connectivity index (χ1n) is 7.59. The molecule has 0 unspecified atom stereocenters. The van der Waals surface area contributed by atoms with Crippen molar-refractivity contribution >= 4 is 16.8 Å². The summed E-state index contributed by atoms with van der Waals surface area (Å²) in [6, 6.07) is 7.36. The van der Waals surface area contributed by atoms with Crippen molar-refractivity contribution in [2.24, 2.45) is 0 Å². The summed E-state index contributed by atoms with van der Waals surface area (Å²) in [7, 11) is 0. The molecule has 1 amide bonds. The van der Waals surface area contributed by atoms with Crippen LogP contribution >= 0.6 is 0 Å². The average Bonchev–Trinajstić information content (AvgIpc) is 2.73. The number of para-hydroxylation sites is 1. The Morgan fingerprint density at radius 2 is 2.05 bits per heavy atom. The number of aromatic amines is 1. The van der Waals surface area contributed by atoms with Crippen LogP contribution in [-0.4, -0.2) is 51.9 Å². The zero-order chi connectivity index (χ0) is 15.5. The number of aromatic nitrogens is 2. The lowest BCUT2D eigenvalue weighted by molar-refractivity contribution is -0.128. The van der Waals surface area contributed by atoms with Crippen LogP contribution in [0.25, 0.3) is 10.9 Å². The van der Waals surface area contributed by atoms with Gasteiger partial charge in [0, 0.05) is 33.1 Å². The van der Waals surface area contributed by atoms with Crippen molar-refractivity contribution in [3.05, 3.63) is 40.4 Å². The number of carbonyl (C=O) groups excluding carboxylic acids is 1. The summed E-state index contributed by atoms with van der Waals surface area (Å²) in [6.45, 7) is 5.45.